The minimum absolute atomic E-state index is 0.0781. The number of halogens is 4. The summed E-state index contributed by atoms with van der Waals surface area (Å²) in [5, 5.41) is 1.99. The molecule has 0 saturated carbocycles. The summed E-state index contributed by atoms with van der Waals surface area (Å²) in [6.45, 7) is 0. The molecule has 1 aromatic carbocycles. The Morgan fingerprint density at radius 2 is 2.14 bits per heavy atom. The average molecular weight is 240 g/mol. The summed E-state index contributed by atoms with van der Waals surface area (Å²) in [4.78, 5) is 10.7. The lowest BCUT2D eigenvalue weighted by Crippen LogP contribution is -2.19. The largest absolute Gasteiger partial charge is 0.322 e. The molecular weight excluding hydrogens is 235 g/mol. The fourth-order valence-electron chi connectivity index (χ4n) is 0.771. The van der Waals surface area contributed by atoms with Crippen LogP contribution in [0.5, 0.6) is 0 Å². The maximum atomic E-state index is 12.8. The lowest BCUT2D eigenvalue weighted by atomic mass is 10.3. The lowest BCUT2D eigenvalue weighted by Gasteiger charge is -2.04. The highest BCUT2D eigenvalue weighted by Crippen LogP contribution is 2.19. The lowest BCUT2D eigenvalue weighted by molar-refractivity contribution is -0.118. The first-order valence-electron chi connectivity index (χ1n) is 3.55. The summed E-state index contributed by atoms with van der Waals surface area (Å²) in [5.74, 6) is -1.75. The number of amides is 1. The molecular formula is C8H5Cl2F2NO. The Labute approximate surface area is 88.8 Å². The first-order chi connectivity index (χ1) is 6.50. The van der Waals surface area contributed by atoms with Crippen molar-refractivity contribution in [3.05, 3.63) is 29.0 Å². The fraction of sp³-hybridized carbons (Fsp3) is 0.125. The van der Waals surface area contributed by atoms with Crippen molar-refractivity contribution in [1.82, 2.24) is 0 Å². The smallest absolute Gasteiger partial charge is 0.274 e. The molecule has 0 aliphatic heterocycles. The Balaban J connectivity index is 2.78. The SMILES string of the molecule is O=C(Nc1ccc(Cl)c(F)c1)C(F)Cl. The van der Waals surface area contributed by atoms with E-state index in [4.69, 9.17) is 23.2 Å². The van der Waals surface area contributed by atoms with Gasteiger partial charge in [-0.05, 0) is 18.2 Å². The first-order valence-corrected chi connectivity index (χ1v) is 4.36. The van der Waals surface area contributed by atoms with E-state index in [0.717, 1.165) is 6.07 Å². The molecule has 0 spiro atoms. The summed E-state index contributed by atoms with van der Waals surface area (Å²) in [6, 6.07) is 3.55. The van der Waals surface area contributed by atoms with E-state index in [1.165, 1.54) is 12.1 Å². The zero-order chi connectivity index (χ0) is 10.7. The van der Waals surface area contributed by atoms with E-state index in [0.29, 0.717) is 0 Å². The number of anilines is 1. The Kier molecular flexibility index (Phi) is 3.66. The third-order valence-corrected chi connectivity index (χ3v) is 1.89. The zero-order valence-electron chi connectivity index (χ0n) is 6.73. The van der Waals surface area contributed by atoms with E-state index in [1.54, 1.807) is 0 Å². The molecule has 1 aromatic rings. The third-order valence-electron chi connectivity index (χ3n) is 1.39. The highest BCUT2D eigenvalue weighted by atomic mass is 35.5. The quantitative estimate of drug-likeness (QED) is 0.791. The number of benzene rings is 1. The molecule has 0 bridgehead atoms. The van der Waals surface area contributed by atoms with Crippen LogP contribution in [0, 0.1) is 5.82 Å². The Morgan fingerprint density at radius 1 is 1.50 bits per heavy atom. The molecule has 1 unspecified atom stereocenters. The van der Waals surface area contributed by atoms with Crippen molar-refractivity contribution >= 4 is 34.8 Å². The number of rotatable bonds is 2. The number of hydrogen-bond acceptors (Lipinski definition) is 1. The monoisotopic (exact) mass is 239 g/mol. The Morgan fingerprint density at radius 3 is 2.64 bits per heavy atom. The van der Waals surface area contributed by atoms with E-state index < -0.39 is 17.4 Å². The van der Waals surface area contributed by atoms with Crippen molar-refractivity contribution in [3.8, 4) is 0 Å². The van der Waals surface area contributed by atoms with Crippen molar-refractivity contribution in [2.75, 3.05) is 5.32 Å². The number of carbonyl (C=O) groups excluding carboxylic acids is 1. The van der Waals surface area contributed by atoms with Crippen LogP contribution in [-0.2, 0) is 4.79 Å². The van der Waals surface area contributed by atoms with Crippen LogP contribution in [0.1, 0.15) is 0 Å². The minimum atomic E-state index is -2.16. The molecule has 0 heterocycles. The molecule has 0 aromatic heterocycles. The second kappa shape index (κ2) is 4.57. The third kappa shape index (κ3) is 2.82. The van der Waals surface area contributed by atoms with Gasteiger partial charge in [0.2, 0.25) is 0 Å². The van der Waals surface area contributed by atoms with Crippen molar-refractivity contribution in [2.24, 2.45) is 0 Å². The summed E-state index contributed by atoms with van der Waals surface area (Å²) in [5.41, 5.74) is -2.06. The van der Waals surface area contributed by atoms with Crippen LogP contribution in [0.4, 0.5) is 14.5 Å². The summed E-state index contributed by atoms with van der Waals surface area (Å²) < 4.78 is 25.0. The van der Waals surface area contributed by atoms with Crippen LogP contribution in [0.15, 0.2) is 18.2 Å². The van der Waals surface area contributed by atoms with Crippen molar-refractivity contribution in [1.29, 1.82) is 0 Å². The number of carbonyl (C=O) groups is 1. The second-order valence-corrected chi connectivity index (χ2v) is 3.21. The predicted octanol–water partition coefficient (Wildman–Crippen LogP) is 2.95. The van der Waals surface area contributed by atoms with Gasteiger partial charge in [-0.2, -0.15) is 0 Å². The van der Waals surface area contributed by atoms with E-state index >= 15 is 0 Å². The van der Waals surface area contributed by atoms with Gasteiger partial charge in [0.05, 0.1) is 5.02 Å². The number of alkyl halides is 2. The predicted molar refractivity (Wildman–Crippen MR) is 50.8 cm³/mol. The Hall–Kier alpha value is -0.870. The summed E-state index contributed by atoms with van der Waals surface area (Å²) in [7, 11) is 0. The minimum Gasteiger partial charge on any atom is -0.322 e. The molecule has 2 nitrogen and oxygen atoms in total. The molecule has 0 radical (unpaired) electrons. The molecule has 1 atom stereocenters. The first kappa shape index (κ1) is 11.2. The van der Waals surface area contributed by atoms with Crippen LogP contribution >= 0.6 is 23.2 Å². The van der Waals surface area contributed by atoms with Crippen molar-refractivity contribution in [3.63, 3.8) is 0 Å². The maximum absolute atomic E-state index is 12.8. The normalized spacial score (nSPS) is 12.3. The van der Waals surface area contributed by atoms with Gasteiger partial charge in [-0.1, -0.05) is 23.2 Å². The molecule has 14 heavy (non-hydrogen) atoms. The van der Waals surface area contributed by atoms with Gasteiger partial charge in [0.25, 0.3) is 11.5 Å². The van der Waals surface area contributed by atoms with Gasteiger partial charge in [-0.25, -0.2) is 8.78 Å². The maximum Gasteiger partial charge on any atom is 0.274 e. The van der Waals surface area contributed by atoms with Gasteiger partial charge in [-0.15, -0.1) is 0 Å². The standard InChI is InChI=1S/C8H5Cl2F2NO/c9-5-2-1-4(3-6(5)11)13-8(14)7(10)12/h1-3,7H,(H,13,14). The van der Waals surface area contributed by atoms with Gasteiger partial charge < -0.3 is 5.32 Å². The molecule has 0 fully saturated rings. The van der Waals surface area contributed by atoms with Crippen molar-refractivity contribution < 1.29 is 13.6 Å². The topological polar surface area (TPSA) is 29.1 Å². The molecule has 0 aliphatic rings. The van der Waals surface area contributed by atoms with Crippen LogP contribution in [0.3, 0.4) is 0 Å². The van der Waals surface area contributed by atoms with Gasteiger partial charge in [0.1, 0.15) is 5.82 Å². The molecule has 0 saturated heterocycles. The highest BCUT2D eigenvalue weighted by molar-refractivity contribution is 6.31. The van der Waals surface area contributed by atoms with Gasteiger partial charge in [0.15, 0.2) is 0 Å². The van der Waals surface area contributed by atoms with Crippen LogP contribution < -0.4 is 5.32 Å². The molecule has 1 rings (SSSR count). The van der Waals surface area contributed by atoms with Gasteiger partial charge in [0, 0.05) is 5.69 Å². The van der Waals surface area contributed by atoms with Crippen LogP contribution in [-0.4, -0.2) is 11.5 Å². The van der Waals surface area contributed by atoms with Gasteiger partial charge in [-0.3, -0.25) is 4.79 Å². The second-order valence-electron chi connectivity index (χ2n) is 2.42. The van der Waals surface area contributed by atoms with Crippen LogP contribution in [0.2, 0.25) is 5.02 Å². The molecule has 76 valence electrons. The summed E-state index contributed by atoms with van der Waals surface area (Å²) in [6.07, 6.45) is 0. The molecule has 1 N–H and O–H groups in total. The molecule has 6 heteroatoms. The molecule has 1 amide bonds. The van der Waals surface area contributed by atoms with E-state index in [-0.39, 0.29) is 10.7 Å². The van der Waals surface area contributed by atoms with Crippen molar-refractivity contribution in [2.45, 2.75) is 5.63 Å². The number of hydrogen-bond donors (Lipinski definition) is 1. The van der Waals surface area contributed by atoms with E-state index in [2.05, 4.69) is 5.32 Å². The average Bonchev–Trinajstić information content (AvgIpc) is 2.11. The zero-order valence-corrected chi connectivity index (χ0v) is 8.24. The fourth-order valence-corrected chi connectivity index (χ4v) is 0.943. The number of nitrogens with one attached hydrogen (secondary N) is 1. The van der Waals surface area contributed by atoms with E-state index in [1.807, 2.05) is 0 Å². The van der Waals surface area contributed by atoms with Crippen LogP contribution in [0.25, 0.3) is 0 Å². The van der Waals surface area contributed by atoms with E-state index in [9.17, 15) is 13.6 Å². The highest BCUT2D eigenvalue weighted by Gasteiger charge is 2.13. The van der Waals surface area contributed by atoms with Gasteiger partial charge >= 0.3 is 0 Å². The Bertz CT molecular complexity index is 357. The molecule has 0 aliphatic carbocycles. The summed E-state index contributed by atoms with van der Waals surface area (Å²) >= 11 is 10.2.